The Morgan fingerprint density at radius 2 is 1.34 bits per heavy atom. The van der Waals surface area contributed by atoms with Crippen LogP contribution in [0.3, 0.4) is 0 Å². The Bertz CT molecular complexity index is 961. The van der Waals surface area contributed by atoms with Crippen molar-refractivity contribution < 1.29 is 0 Å². The smallest absolute Gasteiger partial charge is 0.0461 e. The molecule has 0 bridgehead atoms. The molecule has 0 aromatic heterocycles. The van der Waals surface area contributed by atoms with Crippen LogP contribution in [0.15, 0.2) is 115 Å². The molecule has 0 atom stereocenters. The first-order valence-corrected chi connectivity index (χ1v) is 10.2. The molecule has 0 spiro atoms. The van der Waals surface area contributed by atoms with E-state index in [0.717, 1.165) is 29.9 Å². The lowest BCUT2D eigenvalue weighted by Crippen LogP contribution is -2.14. The highest BCUT2D eigenvalue weighted by Gasteiger charge is 2.12. The minimum Gasteiger partial charge on any atom is -0.311 e. The number of rotatable bonds is 8. The molecule has 3 aromatic carbocycles. The summed E-state index contributed by atoms with van der Waals surface area (Å²) in [5.74, 6) is 0. The third-order valence-electron chi connectivity index (χ3n) is 4.96. The Labute approximate surface area is 175 Å². The van der Waals surface area contributed by atoms with Crippen LogP contribution in [0.1, 0.15) is 23.6 Å². The zero-order valence-electron chi connectivity index (χ0n) is 17.4. The number of aryl methyl sites for hydroxylation is 3. The van der Waals surface area contributed by atoms with Crippen molar-refractivity contribution in [2.24, 2.45) is 0 Å². The molecule has 0 aliphatic carbocycles. The van der Waals surface area contributed by atoms with E-state index in [1.165, 1.54) is 16.7 Å². The molecular weight excluding hydrogens is 350 g/mol. The van der Waals surface area contributed by atoms with Gasteiger partial charge in [-0.1, -0.05) is 78.9 Å². The fourth-order valence-corrected chi connectivity index (χ4v) is 3.31. The lowest BCUT2D eigenvalue weighted by Gasteiger charge is -2.26. The van der Waals surface area contributed by atoms with E-state index >= 15 is 0 Å². The lowest BCUT2D eigenvalue weighted by molar-refractivity contribution is 0.959. The van der Waals surface area contributed by atoms with Crippen molar-refractivity contribution in [3.63, 3.8) is 0 Å². The van der Waals surface area contributed by atoms with E-state index in [1.807, 2.05) is 31.2 Å². The molecule has 0 N–H and O–H groups in total. The van der Waals surface area contributed by atoms with Gasteiger partial charge in [0.25, 0.3) is 0 Å². The van der Waals surface area contributed by atoms with E-state index in [9.17, 15) is 0 Å². The molecular formula is C28H29N. The van der Waals surface area contributed by atoms with Crippen LogP contribution in [0.5, 0.6) is 0 Å². The van der Waals surface area contributed by atoms with Crippen molar-refractivity contribution in [1.29, 1.82) is 0 Å². The van der Waals surface area contributed by atoms with Crippen LogP contribution in [0, 0.1) is 6.92 Å². The highest BCUT2D eigenvalue weighted by atomic mass is 15.1. The minimum atomic E-state index is 1.04. The third-order valence-corrected chi connectivity index (χ3v) is 4.96. The van der Waals surface area contributed by atoms with Crippen LogP contribution in [0.2, 0.25) is 0 Å². The van der Waals surface area contributed by atoms with Gasteiger partial charge in [0.05, 0.1) is 0 Å². The maximum absolute atomic E-state index is 4.03. The molecule has 0 amide bonds. The van der Waals surface area contributed by atoms with E-state index in [0.29, 0.717) is 0 Å². The Balaban J connectivity index is 1.83. The SMILES string of the molecule is C=C/C(=C\C=C/C)N(c1ccccc1)c1ccc(CCc2ccc(C)cc2)cc1. The van der Waals surface area contributed by atoms with Crippen molar-refractivity contribution in [3.8, 4) is 0 Å². The normalized spacial score (nSPS) is 11.6. The Morgan fingerprint density at radius 1 is 0.793 bits per heavy atom. The number of nitrogens with zero attached hydrogens (tertiary/aromatic N) is 1. The van der Waals surface area contributed by atoms with Gasteiger partial charge in [-0.2, -0.15) is 0 Å². The van der Waals surface area contributed by atoms with Gasteiger partial charge in [-0.05, 0) is 74.2 Å². The molecule has 0 unspecified atom stereocenters. The molecule has 0 fully saturated rings. The van der Waals surface area contributed by atoms with Crippen LogP contribution >= 0.6 is 0 Å². The number of benzene rings is 3. The second-order valence-electron chi connectivity index (χ2n) is 7.14. The average molecular weight is 380 g/mol. The van der Waals surface area contributed by atoms with Gasteiger partial charge < -0.3 is 4.90 Å². The summed E-state index contributed by atoms with van der Waals surface area (Å²) in [5.41, 5.74) is 7.33. The summed E-state index contributed by atoms with van der Waals surface area (Å²) in [7, 11) is 0. The predicted molar refractivity (Wildman–Crippen MR) is 127 cm³/mol. The van der Waals surface area contributed by atoms with Gasteiger partial charge in [0, 0.05) is 17.1 Å². The first-order chi connectivity index (χ1) is 14.2. The van der Waals surface area contributed by atoms with Crippen LogP contribution in [-0.2, 0) is 12.8 Å². The van der Waals surface area contributed by atoms with Gasteiger partial charge in [0.1, 0.15) is 0 Å². The molecule has 0 aliphatic rings. The second kappa shape index (κ2) is 10.3. The number of anilines is 2. The summed E-state index contributed by atoms with van der Waals surface area (Å²) in [5, 5.41) is 0. The topological polar surface area (TPSA) is 3.24 Å². The van der Waals surface area contributed by atoms with Gasteiger partial charge in [-0.25, -0.2) is 0 Å². The van der Waals surface area contributed by atoms with E-state index in [2.05, 4.69) is 97.3 Å². The van der Waals surface area contributed by atoms with E-state index in [4.69, 9.17) is 0 Å². The van der Waals surface area contributed by atoms with Crippen molar-refractivity contribution >= 4 is 11.4 Å². The van der Waals surface area contributed by atoms with Crippen molar-refractivity contribution in [3.05, 3.63) is 132 Å². The predicted octanol–water partition coefficient (Wildman–Crippen LogP) is 7.56. The summed E-state index contributed by atoms with van der Waals surface area (Å²) in [6.45, 7) is 8.18. The molecule has 29 heavy (non-hydrogen) atoms. The number of allylic oxidation sites excluding steroid dienone is 4. The molecule has 1 nitrogen and oxygen atoms in total. The summed E-state index contributed by atoms with van der Waals surface area (Å²) in [4.78, 5) is 2.23. The average Bonchev–Trinajstić information content (AvgIpc) is 2.77. The largest absolute Gasteiger partial charge is 0.311 e. The summed E-state index contributed by atoms with van der Waals surface area (Å²) in [6.07, 6.45) is 10.2. The maximum Gasteiger partial charge on any atom is 0.0461 e. The third kappa shape index (κ3) is 5.58. The first kappa shape index (κ1) is 20.4. The van der Waals surface area contributed by atoms with Crippen LogP contribution in [-0.4, -0.2) is 0 Å². The van der Waals surface area contributed by atoms with E-state index in [1.54, 1.807) is 0 Å². The highest BCUT2D eigenvalue weighted by molar-refractivity contribution is 5.70. The zero-order valence-corrected chi connectivity index (χ0v) is 17.4. The monoisotopic (exact) mass is 379 g/mol. The quantitative estimate of drug-likeness (QED) is 0.365. The lowest BCUT2D eigenvalue weighted by atomic mass is 10.0. The molecule has 0 saturated carbocycles. The second-order valence-corrected chi connectivity index (χ2v) is 7.14. The van der Waals surface area contributed by atoms with Gasteiger partial charge >= 0.3 is 0 Å². The van der Waals surface area contributed by atoms with Crippen LogP contribution in [0.4, 0.5) is 11.4 Å². The summed E-state index contributed by atoms with van der Waals surface area (Å²) >= 11 is 0. The van der Waals surface area contributed by atoms with E-state index in [-0.39, 0.29) is 0 Å². The fourth-order valence-electron chi connectivity index (χ4n) is 3.31. The highest BCUT2D eigenvalue weighted by Crippen LogP contribution is 2.30. The zero-order chi connectivity index (χ0) is 20.5. The summed E-state index contributed by atoms with van der Waals surface area (Å²) < 4.78 is 0. The summed E-state index contributed by atoms with van der Waals surface area (Å²) in [6, 6.07) is 28.1. The maximum atomic E-state index is 4.03. The van der Waals surface area contributed by atoms with E-state index < -0.39 is 0 Å². The number of para-hydroxylation sites is 1. The molecule has 0 radical (unpaired) electrons. The molecule has 1 heteroatoms. The van der Waals surface area contributed by atoms with Crippen molar-refractivity contribution in [1.82, 2.24) is 0 Å². The molecule has 3 aromatic rings. The first-order valence-electron chi connectivity index (χ1n) is 10.2. The fraction of sp³-hybridized carbons (Fsp3) is 0.143. The Hall–Kier alpha value is -3.32. The molecule has 146 valence electrons. The van der Waals surface area contributed by atoms with Crippen LogP contribution < -0.4 is 4.90 Å². The molecule has 3 rings (SSSR count). The van der Waals surface area contributed by atoms with Gasteiger partial charge in [-0.15, -0.1) is 0 Å². The number of hydrogen-bond donors (Lipinski definition) is 0. The Morgan fingerprint density at radius 3 is 1.90 bits per heavy atom. The number of hydrogen-bond acceptors (Lipinski definition) is 1. The van der Waals surface area contributed by atoms with Crippen molar-refractivity contribution in [2.75, 3.05) is 4.90 Å². The van der Waals surface area contributed by atoms with Gasteiger partial charge in [0.15, 0.2) is 0 Å². The molecule has 0 saturated heterocycles. The minimum absolute atomic E-state index is 1.04. The van der Waals surface area contributed by atoms with Gasteiger partial charge in [-0.3, -0.25) is 0 Å². The van der Waals surface area contributed by atoms with Crippen LogP contribution in [0.25, 0.3) is 0 Å². The van der Waals surface area contributed by atoms with Crippen molar-refractivity contribution in [2.45, 2.75) is 26.7 Å². The standard InChI is InChI=1S/C28H29N/c1-4-6-10-26(5-2)29(27-11-8-7-9-12-27)28-21-19-25(20-22-28)18-17-24-15-13-23(3)14-16-24/h4-16,19-22H,2,17-18H2,1,3H3/b6-4-,26-10+. The molecule has 0 aliphatic heterocycles. The molecule has 0 heterocycles. The Kier molecular flexibility index (Phi) is 7.24. The van der Waals surface area contributed by atoms with Gasteiger partial charge in [0.2, 0.25) is 0 Å².